The van der Waals surface area contributed by atoms with Crippen LogP contribution < -0.4 is 5.73 Å². The molecule has 0 aromatic heterocycles. The van der Waals surface area contributed by atoms with Crippen molar-refractivity contribution in [2.75, 3.05) is 6.54 Å². The second-order valence-electron chi connectivity index (χ2n) is 4.11. The number of hydrogen-bond donors (Lipinski definition) is 4. The third-order valence-corrected chi connectivity index (χ3v) is 2.72. The Bertz CT molecular complexity index is 421. The zero-order chi connectivity index (χ0) is 14.1. The Kier molecular flexibility index (Phi) is 3.56. The predicted octanol–water partition coefficient (Wildman–Crippen LogP) is -2.07. The molecule has 0 aromatic carbocycles. The van der Waals surface area contributed by atoms with Crippen LogP contribution in [0, 0.1) is 0 Å². The van der Waals surface area contributed by atoms with E-state index in [1.165, 1.54) is 0 Å². The molecule has 2 atom stereocenters. The standard InChI is InChI=1S/C9H12N2O7/c10-9(8(17)18)2-4(7(15)16)11(3-9)5(12)1-6(13)14/h4H,1-3,10H2,(H,13,14)(H,15,16)(H,17,18)/t4-,9?/m0/s1. The van der Waals surface area contributed by atoms with Gasteiger partial charge < -0.3 is 26.0 Å². The van der Waals surface area contributed by atoms with Crippen molar-refractivity contribution in [3.05, 3.63) is 0 Å². The van der Waals surface area contributed by atoms with E-state index in [1.54, 1.807) is 0 Å². The van der Waals surface area contributed by atoms with Crippen molar-refractivity contribution in [1.82, 2.24) is 4.90 Å². The van der Waals surface area contributed by atoms with Gasteiger partial charge in [-0.25, -0.2) is 4.79 Å². The molecule has 1 fully saturated rings. The highest BCUT2D eigenvalue weighted by Crippen LogP contribution is 2.26. The van der Waals surface area contributed by atoms with E-state index in [4.69, 9.17) is 21.1 Å². The summed E-state index contributed by atoms with van der Waals surface area (Å²) in [6.45, 7) is -0.522. The summed E-state index contributed by atoms with van der Waals surface area (Å²) in [7, 11) is 0. The minimum Gasteiger partial charge on any atom is -0.481 e. The number of carbonyl (C=O) groups is 4. The zero-order valence-corrected chi connectivity index (χ0v) is 9.20. The SMILES string of the molecule is NC1(C(=O)O)C[C@@H](C(=O)O)N(C(=O)CC(=O)O)C1. The Hall–Kier alpha value is -2.16. The van der Waals surface area contributed by atoms with Crippen LogP contribution in [-0.2, 0) is 19.2 Å². The van der Waals surface area contributed by atoms with E-state index in [0.717, 1.165) is 0 Å². The number of nitrogens with zero attached hydrogens (tertiary/aromatic N) is 1. The van der Waals surface area contributed by atoms with Crippen LogP contribution in [0.4, 0.5) is 0 Å². The summed E-state index contributed by atoms with van der Waals surface area (Å²) in [5.74, 6) is -5.24. The fraction of sp³-hybridized carbons (Fsp3) is 0.556. The number of carboxylic acids is 3. The molecule has 1 saturated heterocycles. The van der Waals surface area contributed by atoms with Crippen LogP contribution in [0.2, 0.25) is 0 Å². The lowest BCUT2D eigenvalue weighted by Crippen LogP contribution is -2.50. The van der Waals surface area contributed by atoms with Crippen LogP contribution in [0.1, 0.15) is 12.8 Å². The number of carbonyl (C=O) groups excluding carboxylic acids is 1. The number of amides is 1. The Balaban J connectivity index is 2.95. The van der Waals surface area contributed by atoms with Gasteiger partial charge in [-0.1, -0.05) is 0 Å². The maximum atomic E-state index is 11.5. The van der Waals surface area contributed by atoms with E-state index >= 15 is 0 Å². The fourth-order valence-electron chi connectivity index (χ4n) is 1.80. The van der Waals surface area contributed by atoms with Crippen molar-refractivity contribution in [2.45, 2.75) is 24.4 Å². The van der Waals surface area contributed by atoms with Gasteiger partial charge in [0.15, 0.2) is 0 Å². The number of hydrogen-bond acceptors (Lipinski definition) is 5. The molecule has 1 aliphatic rings. The zero-order valence-electron chi connectivity index (χ0n) is 9.20. The van der Waals surface area contributed by atoms with Crippen molar-refractivity contribution in [3.63, 3.8) is 0 Å². The molecule has 9 heteroatoms. The van der Waals surface area contributed by atoms with Gasteiger partial charge in [0.05, 0.1) is 6.54 Å². The van der Waals surface area contributed by atoms with Crippen molar-refractivity contribution in [1.29, 1.82) is 0 Å². The average molecular weight is 260 g/mol. The Morgan fingerprint density at radius 1 is 1.22 bits per heavy atom. The molecule has 18 heavy (non-hydrogen) atoms. The van der Waals surface area contributed by atoms with E-state index in [9.17, 15) is 19.2 Å². The highest BCUT2D eigenvalue weighted by molar-refractivity contribution is 5.96. The highest BCUT2D eigenvalue weighted by atomic mass is 16.4. The van der Waals surface area contributed by atoms with Gasteiger partial charge in [0, 0.05) is 6.42 Å². The summed E-state index contributed by atoms with van der Waals surface area (Å²) in [5, 5.41) is 26.2. The molecule has 1 amide bonds. The molecule has 1 unspecified atom stereocenters. The Morgan fingerprint density at radius 3 is 2.17 bits per heavy atom. The first-order valence-electron chi connectivity index (χ1n) is 4.94. The van der Waals surface area contributed by atoms with Crippen LogP contribution in [0.25, 0.3) is 0 Å². The molecule has 5 N–H and O–H groups in total. The number of nitrogens with two attached hydrogens (primary N) is 1. The molecule has 1 rings (SSSR count). The molecule has 0 spiro atoms. The molecule has 1 heterocycles. The van der Waals surface area contributed by atoms with E-state index in [1.807, 2.05) is 0 Å². The molecule has 1 aliphatic heterocycles. The lowest BCUT2D eigenvalue weighted by atomic mass is 9.98. The van der Waals surface area contributed by atoms with Crippen LogP contribution >= 0.6 is 0 Å². The van der Waals surface area contributed by atoms with Gasteiger partial charge in [0.1, 0.15) is 18.0 Å². The molecular formula is C9H12N2O7. The number of carboxylic acid groups (broad SMARTS) is 3. The summed E-state index contributed by atoms with van der Waals surface area (Å²) in [4.78, 5) is 44.4. The van der Waals surface area contributed by atoms with Crippen LogP contribution in [0.5, 0.6) is 0 Å². The average Bonchev–Trinajstić information content (AvgIpc) is 2.57. The molecule has 0 aromatic rings. The van der Waals surface area contributed by atoms with Gasteiger partial charge in [-0.3, -0.25) is 14.4 Å². The van der Waals surface area contributed by atoms with Crippen molar-refractivity contribution in [3.8, 4) is 0 Å². The first kappa shape index (κ1) is 13.9. The van der Waals surface area contributed by atoms with E-state index in [-0.39, 0.29) is 0 Å². The van der Waals surface area contributed by atoms with Crippen molar-refractivity contribution < 1.29 is 34.5 Å². The summed E-state index contributed by atoms with van der Waals surface area (Å²) >= 11 is 0. The summed E-state index contributed by atoms with van der Waals surface area (Å²) in [6, 6.07) is -1.42. The summed E-state index contributed by atoms with van der Waals surface area (Å²) in [5.41, 5.74) is 3.62. The lowest BCUT2D eigenvalue weighted by Gasteiger charge is -2.21. The highest BCUT2D eigenvalue weighted by Gasteiger charge is 2.51. The molecule has 9 nitrogen and oxygen atoms in total. The molecule has 100 valence electrons. The first-order chi connectivity index (χ1) is 8.17. The number of rotatable bonds is 4. The Morgan fingerprint density at radius 2 is 1.78 bits per heavy atom. The third kappa shape index (κ3) is 2.56. The number of likely N-dealkylation sites (tertiary alicyclic amines) is 1. The van der Waals surface area contributed by atoms with Crippen molar-refractivity contribution in [2.24, 2.45) is 5.73 Å². The molecule has 0 radical (unpaired) electrons. The minimum absolute atomic E-state index is 0.455. The van der Waals surface area contributed by atoms with E-state index in [2.05, 4.69) is 0 Å². The molecule has 0 saturated carbocycles. The first-order valence-corrected chi connectivity index (χ1v) is 4.94. The Labute approximate surface area is 101 Å². The summed E-state index contributed by atoms with van der Waals surface area (Å²) in [6.07, 6.45) is -1.36. The molecule has 0 bridgehead atoms. The van der Waals surface area contributed by atoms with Gasteiger partial charge >= 0.3 is 17.9 Å². The maximum Gasteiger partial charge on any atom is 0.326 e. The molecule has 0 aliphatic carbocycles. The van der Waals surface area contributed by atoms with Gasteiger partial charge in [0.2, 0.25) is 5.91 Å². The monoisotopic (exact) mass is 260 g/mol. The van der Waals surface area contributed by atoms with Gasteiger partial charge in [-0.05, 0) is 0 Å². The maximum absolute atomic E-state index is 11.5. The smallest absolute Gasteiger partial charge is 0.326 e. The van der Waals surface area contributed by atoms with Crippen LogP contribution in [0.3, 0.4) is 0 Å². The van der Waals surface area contributed by atoms with E-state index < -0.39 is 54.8 Å². The lowest BCUT2D eigenvalue weighted by molar-refractivity contribution is -0.151. The van der Waals surface area contributed by atoms with Crippen molar-refractivity contribution >= 4 is 23.8 Å². The largest absolute Gasteiger partial charge is 0.481 e. The molecular weight excluding hydrogens is 248 g/mol. The topological polar surface area (TPSA) is 158 Å². The summed E-state index contributed by atoms with van der Waals surface area (Å²) < 4.78 is 0. The van der Waals surface area contributed by atoms with Crippen LogP contribution in [0.15, 0.2) is 0 Å². The van der Waals surface area contributed by atoms with Gasteiger partial charge in [-0.15, -0.1) is 0 Å². The second kappa shape index (κ2) is 4.61. The van der Waals surface area contributed by atoms with Gasteiger partial charge in [-0.2, -0.15) is 0 Å². The number of aliphatic carboxylic acids is 3. The quantitative estimate of drug-likeness (QED) is 0.419. The predicted molar refractivity (Wildman–Crippen MR) is 54.6 cm³/mol. The fourth-order valence-corrected chi connectivity index (χ4v) is 1.80. The second-order valence-corrected chi connectivity index (χ2v) is 4.11. The van der Waals surface area contributed by atoms with Gasteiger partial charge in [0.25, 0.3) is 0 Å². The minimum atomic E-state index is -1.86. The van der Waals surface area contributed by atoms with Crippen LogP contribution in [-0.4, -0.2) is 62.2 Å². The normalized spacial score (nSPS) is 26.9. The van der Waals surface area contributed by atoms with E-state index in [0.29, 0.717) is 4.90 Å². The third-order valence-electron chi connectivity index (χ3n) is 2.72.